The Balaban J connectivity index is 1.79. The molecular formula is C23H28N2O4S. The summed E-state index contributed by atoms with van der Waals surface area (Å²) in [6.45, 7) is 0.375. The largest absolute Gasteiger partial charge is 0.497 e. The van der Waals surface area contributed by atoms with Crippen molar-refractivity contribution in [2.24, 2.45) is 0 Å². The normalized spacial score (nSPS) is 17.8. The molecule has 6 nitrogen and oxygen atoms in total. The minimum absolute atomic E-state index is 0.0187. The summed E-state index contributed by atoms with van der Waals surface area (Å²) in [7, 11) is 2.45. The Morgan fingerprint density at radius 3 is 2.30 bits per heavy atom. The van der Waals surface area contributed by atoms with Gasteiger partial charge in [-0.1, -0.05) is 24.3 Å². The van der Waals surface area contributed by atoms with E-state index < -0.39 is 9.84 Å². The summed E-state index contributed by atoms with van der Waals surface area (Å²) in [6, 6.07) is 15.0. The minimum Gasteiger partial charge on any atom is -0.497 e. The quantitative estimate of drug-likeness (QED) is 0.635. The highest BCUT2D eigenvalue weighted by Gasteiger charge is 2.34. The minimum atomic E-state index is -3.10. The molecule has 0 unspecified atom stereocenters. The molecule has 30 heavy (non-hydrogen) atoms. The maximum atomic E-state index is 13.0. The predicted molar refractivity (Wildman–Crippen MR) is 120 cm³/mol. The molecule has 0 aromatic heterocycles. The molecule has 1 aliphatic rings. The molecule has 3 rings (SSSR count). The van der Waals surface area contributed by atoms with Crippen molar-refractivity contribution in [3.05, 3.63) is 65.7 Å². The van der Waals surface area contributed by atoms with E-state index >= 15 is 0 Å². The fourth-order valence-corrected chi connectivity index (χ4v) is 5.21. The molecule has 0 aliphatic carbocycles. The Morgan fingerprint density at radius 2 is 1.77 bits per heavy atom. The van der Waals surface area contributed by atoms with Crippen molar-refractivity contribution < 1.29 is 17.9 Å². The average Bonchev–Trinajstić information content (AvgIpc) is 3.10. The zero-order valence-electron chi connectivity index (χ0n) is 17.6. The first-order valence-electron chi connectivity index (χ1n) is 9.87. The smallest absolute Gasteiger partial charge is 0.247 e. The summed E-state index contributed by atoms with van der Waals surface area (Å²) in [5.41, 5.74) is 2.91. The first-order chi connectivity index (χ1) is 14.3. The summed E-state index contributed by atoms with van der Waals surface area (Å²) < 4.78 is 29.2. The van der Waals surface area contributed by atoms with Crippen LogP contribution in [-0.4, -0.2) is 58.0 Å². The molecule has 1 fully saturated rings. The predicted octanol–water partition coefficient (Wildman–Crippen LogP) is 2.99. The maximum Gasteiger partial charge on any atom is 0.247 e. The van der Waals surface area contributed by atoms with Gasteiger partial charge in [-0.3, -0.25) is 4.79 Å². The molecule has 7 heteroatoms. The molecule has 0 bridgehead atoms. The van der Waals surface area contributed by atoms with Crippen molar-refractivity contribution in [1.29, 1.82) is 0 Å². The fourth-order valence-electron chi connectivity index (χ4n) is 3.48. The molecule has 1 heterocycles. The van der Waals surface area contributed by atoms with Crippen LogP contribution in [-0.2, 0) is 21.2 Å². The highest BCUT2D eigenvalue weighted by molar-refractivity contribution is 7.91. The van der Waals surface area contributed by atoms with Gasteiger partial charge in [0.2, 0.25) is 5.91 Å². The van der Waals surface area contributed by atoms with Gasteiger partial charge in [0.05, 0.1) is 18.6 Å². The standard InChI is InChI=1S/C23H28N2O4S/c1-24(2)20-9-4-19(5-10-20)16-25(21-14-15-30(27,28)17-21)23(26)13-8-18-6-11-22(29-3)12-7-18/h4-13,21H,14-17H2,1-3H3/b13-8+/t21-/m1/s1. The van der Waals surface area contributed by atoms with Crippen LogP contribution in [0.25, 0.3) is 6.08 Å². The average molecular weight is 429 g/mol. The van der Waals surface area contributed by atoms with Crippen molar-refractivity contribution in [1.82, 2.24) is 4.90 Å². The van der Waals surface area contributed by atoms with E-state index in [1.54, 1.807) is 18.1 Å². The van der Waals surface area contributed by atoms with Crippen molar-refractivity contribution in [2.75, 3.05) is 37.6 Å². The van der Waals surface area contributed by atoms with Gasteiger partial charge < -0.3 is 14.5 Å². The highest BCUT2D eigenvalue weighted by Crippen LogP contribution is 2.22. The number of carbonyl (C=O) groups excluding carboxylic acids is 1. The third-order valence-corrected chi connectivity index (χ3v) is 7.02. The van der Waals surface area contributed by atoms with Crippen LogP contribution in [0.4, 0.5) is 5.69 Å². The monoisotopic (exact) mass is 428 g/mol. The molecular weight excluding hydrogens is 400 g/mol. The molecule has 1 saturated heterocycles. The summed E-state index contributed by atoms with van der Waals surface area (Å²) in [6.07, 6.45) is 3.73. The van der Waals surface area contributed by atoms with E-state index in [9.17, 15) is 13.2 Å². The van der Waals surface area contributed by atoms with Gasteiger partial charge in [-0.05, 0) is 47.9 Å². The molecule has 0 spiro atoms. The number of carbonyl (C=O) groups is 1. The second-order valence-electron chi connectivity index (χ2n) is 7.69. The molecule has 1 amide bonds. The molecule has 160 valence electrons. The molecule has 1 aliphatic heterocycles. The van der Waals surface area contributed by atoms with E-state index in [-0.39, 0.29) is 23.5 Å². The SMILES string of the molecule is COc1ccc(/C=C/C(=O)N(Cc2ccc(N(C)C)cc2)[C@@H]2CCS(=O)(=O)C2)cc1. The van der Waals surface area contributed by atoms with E-state index in [1.165, 1.54) is 6.08 Å². The van der Waals surface area contributed by atoms with Crippen LogP contribution in [0.1, 0.15) is 17.5 Å². The number of hydrogen-bond acceptors (Lipinski definition) is 5. The number of sulfone groups is 1. The van der Waals surface area contributed by atoms with Crippen LogP contribution in [0, 0.1) is 0 Å². The van der Waals surface area contributed by atoms with Crippen LogP contribution < -0.4 is 9.64 Å². The van der Waals surface area contributed by atoms with Crippen molar-refractivity contribution in [3.8, 4) is 5.75 Å². The lowest BCUT2D eigenvalue weighted by Crippen LogP contribution is -2.39. The van der Waals surface area contributed by atoms with Gasteiger partial charge in [0.1, 0.15) is 5.75 Å². The molecule has 0 radical (unpaired) electrons. The summed E-state index contributed by atoms with van der Waals surface area (Å²) >= 11 is 0. The Labute approximate surface area is 178 Å². The molecule has 2 aromatic rings. The number of nitrogens with zero attached hydrogens (tertiary/aromatic N) is 2. The maximum absolute atomic E-state index is 13.0. The van der Waals surface area contributed by atoms with Crippen molar-refractivity contribution >= 4 is 27.5 Å². The van der Waals surface area contributed by atoms with E-state index in [0.717, 1.165) is 22.6 Å². The molecule has 1 atom stereocenters. The lowest BCUT2D eigenvalue weighted by molar-refractivity contribution is -0.128. The fraction of sp³-hybridized carbons (Fsp3) is 0.348. The van der Waals surface area contributed by atoms with Gasteiger partial charge in [0, 0.05) is 38.4 Å². The van der Waals surface area contributed by atoms with Crippen LogP contribution >= 0.6 is 0 Å². The van der Waals surface area contributed by atoms with E-state index in [2.05, 4.69) is 0 Å². The molecule has 0 saturated carbocycles. The zero-order chi connectivity index (χ0) is 21.7. The summed E-state index contributed by atoms with van der Waals surface area (Å²) in [5.74, 6) is 0.704. The van der Waals surface area contributed by atoms with E-state index in [4.69, 9.17) is 4.74 Å². The number of benzene rings is 2. The van der Waals surface area contributed by atoms with Gasteiger partial charge >= 0.3 is 0 Å². The van der Waals surface area contributed by atoms with Gasteiger partial charge in [0.25, 0.3) is 0 Å². The third kappa shape index (κ3) is 5.63. The Morgan fingerprint density at radius 1 is 1.10 bits per heavy atom. The van der Waals surface area contributed by atoms with Gasteiger partial charge in [0.15, 0.2) is 9.84 Å². The number of methoxy groups -OCH3 is 1. The summed E-state index contributed by atoms with van der Waals surface area (Å²) in [5, 5.41) is 0. The van der Waals surface area contributed by atoms with E-state index in [1.807, 2.05) is 67.5 Å². The van der Waals surface area contributed by atoms with Crippen LogP contribution in [0.5, 0.6) is 5.75 Å². The second kappa shape index (κ2) is 9.34. The lowest BCUT2D eigenvalue weighted by atomic mass is 10.1. The summed E-state index contributed by atoms with van der Waals surface area (Å²) in [4.78, 5) is 16.7. The second-order valence-corrected chi connectivity index (χ2v) is 9.92. The highest BCUT2D eigenvalue weighted by atomic mass is 32.2. The first kappa shape index (κ1) is 21.9. The Kier molecular flexibility index (Phi) is 6.82. The van der Waals surface area contributed by atoms with Crippen molar-refractivity contribution in [3.63, 3.8) is 0 Å². The number of ether oxygens (including phenoxy) is 1. The van der Waals surface area contributed by atoms with Crippen LogP contribution in [0.2, 0.25) is 0 Å². The Hall–Kier alpha value is -2.80. The first-order valence-corrected chi connectivity index (χ1v) is 11.7. The number of amides is 1. The molecule has 0 N–H and O–H groups in total. The zero-order valence-corrected chi connectivity index (χ0v) is 18.4. The van der Waals surface area contributed by atoms with Crippen LogP contribution in [0.3, 0.4) is 0 Å². The third-order valence-electron chi connectivity index (χ3n) is 5.27. The van der Waals surface area contributed by atoms with Gasteiger partial charge in [-0.15, -0.1) is 0 Å². The number of hydrogen-bond donors (Lipinski definition) is 0. The topological polar surface area (TPSA) is 66.9 Å². The van der Waals surface area contributed by atoms with E-state index in [0.29, 0.717) is 13.0 Å². The van der Waals surface area contributed by atoms with Crippen molar-refractivity contribution in [2.45, 2.75) is 19.0 Å². The molecule has 2 aromatic carbocycles. The number of anilines is 1. The number of rotatable bonds is 7. The van der Waals surface area contributed by atoms with Crippen LogP contribution in [0.15, 0.2) is 54.6 Å². The van der Waals surface area contributed by atoms with Gasteiger partial charge in [-0.25, -0.2) is 8.42 Å². The Bertz CT molecular complexity index is 997. The van der Waals surface area contributed by atoms with Gasteiger partial charge in [-0.2, -0.15) is 0 Å². The lowest BCUT2D eigenvalue weighted by Gasteiger charge is -2.27.